The lowest BCUT2D eigenvalue weighted by molar-refractivity contribution is 0.257. The fraction of sp³-hybridized carbons (Fsp3) is 0.571. The van der Waals surface area contributed by atoms with Crippen molar-refractivity contribution >= 4 is 15.9 Å². The van der Waals surface area contributed by atoms with Gasteiger partial charge in [-0.3, -0.25) is 4.31 Å². The van der Waals surface area contributed by atoms with Crippen LogP contribution in [0.5, 0.6) is 0 Å². The van der Waals surface area contributed by atoms with Gasteiger partial charge in [-0.1, -0.05) is 18.6 Å². The average molecular weight is 315 g/mol. The highest BCUT2D eigenvalue weighted by atomic mass is 32.2. The summed E-state index contributed by atoms with van der Waals surface area (Å²) in [6.07, 6.45) is 2.54. The molecule has 0 radical (unpaired) electrons. The zero-order chi connectivity index (χ0) is 15.5. The summed E-state index contributed by atoms with van der Waals surface area (Å²) in [4.78, 5) is 0. The average Bonchev–Trinajstić information content (AvgIpc) is 2.49. The number of anilines is 1. The molecule has 21 heavy (non-hydrogen) atoms. The SMILES string of the molecule is CCN(c1ccccc1F)S(=O)(=O)N1CCCCC1CN. The van der Waals surface area contributed by atoms with Crippen molar-refractivity contribution in [3.05, 3.63) is 30.1 Å². The fourth-order valence-electron chi connectivity index (χ4n) is 2.75. The molecule has 0 bridgehead atoms. The van der Waals surface area contributed by atoms with Crippen molar-refractivity contribution in [2.75, 3.05) is 23.9 Å². The second-order valence-electron chi connectivity index (χ2n) is 5.12. The van der Waals surface area contributed by atoms with E-state index in [4.69, 9.17) is 5.73 Å². The number of hydrogen-bond donors (Lipinski definition) is 1. The summed E-state index contributed by atoms with van der Waals surface area (Å²) in [5.41, 5.74) is 5.79. The van der Waals surface area contributed by atoms with E-state index in [-0.39, 0.29) is 24.8 Å². The normalized spacial score (nSPS) is 20.4. The number of para-hydroxylation sites is 1. The first-order valence-electron chi connectivity index (χ1n) is 7.26. The Labute approximate surface area is 125 Å². The molecule has 1 aromatic rings. The second kappa shape index (κ2) is 6.72. The van der Waals surface area contributed by atoms with Crippen molar-refractivity contribution in [1.82, 2.24) is 4.31 Å². The summed E-state index contributed by atoms with van der Waals surface area (Å²) in [5, 5.41) is 0. The number of rotatable bonds is 5. The third-order valence-corrected chi connectivity index (χ3v) is 5.91. The molecule has 0 aromatic heterocycles. The van der Waals surface area contributed by atoms with Crippen molar-refractivity contribution in [2.24, 2.45) is 5.73 Å². The molecule has 0 saturated carbocycles. The topological polar surface area (TPSA) is 66.6 Å². The Morgan fingerprint density at radius 1 is 1.38 bits per heavy atom. The van der Waals surface area contributed by atoms with Crippen LogP contribution in [0, 0.1) is 5.82 Å². The van der Waals surface area contributed by atoms with Crippen LogP contribution in [0.2, 0.25) is 0 Å². The number of nitrogens with zero attached hydrogens (tertiary/aromatic N) is 2. The molecule has 1 saturated heterocycles. The molecule has 1 aliphatic rings. The van der Waals surface area contributed by atoms with Gasteiger partial charge in [-0.05, 0) is 31.9 Å². The Morgan fingerprint density at radius 2 is 2.10 bits per heavy atom. The van der Waals surface area contributed by atoms with E-state index < -0.39 is 16.0 Å². The zero-order valence-corrected chi connectivity index (χ0v) is 13.0. The molecule has 7 heteroatoms. The summed E-state index contributed by atoms with van der Waals surface area (Å²) in [7, 11) is -3.76. The van der Waals surface area contributed by atoms with Gasteiger partial charge in [0.05, 0.1) is 5.69 Å². The van der Waals surface area contributed by atoms with Crippen LogP contribution in [0.1, 0.15) is 26.2 Å². The Hall–Kier alpha value is -1.18. The molecule has 0 amide bonds. The highest BCUT2D eigenvalue weighted by Gasteiger charge is 2.36. The molecule has 1 aromatic carbocycles. The summed E-state index contributed by atoms with van der Waals surface area (Å²) >= 11 is 0. The van der Waals surface area contributed by atoms with Gasteiger partial charge < -0.3 is 5.73 Å². The molecule has 5 nitrogen and oxygen atoms in total. The van der Waals surface area contributed by atoms with Gasteiger partial charge in [-0.25, -0.2) is 4.39 Å². The molecule has 0 aliphatic carbocycles. The lowest BCUT2D eigenvalue weighted by Gasteiger charge is -2.37. The van der Waals surface area contributed by atoms with E-state index in [1.54, 1.807) is 19.1 Å². The van der Waals surface area contributed by atoms with E-state index in [1.165, 1.54) is 16.4 Å². The van der Waals surface area contributed by atoms with Crippen molar-refractivity contribution in [1.29, 1.82) is 0 Å². The maximum absolute atomic E-state index is 14.0. The molecule has 1 aliphatic heterocycles. The van der Waals surface area contributed by atoms with Crippen molar-refractivity contribution in [2.45, 2.75) is 32.2 Å². The van der Waals surface area contributed by atoms with Crippen LogP contribution < -0.4 is 10.0 Å². The lowest BCUT2D eigenvalue weighted by Crippen LogP contribution is -2.53. The summed E-state index contributed by atoms with van der Waals surface area (Å²) in [6.45, 7) is 2.60. The number of halogens is 1. The minimum absolute atomic E-state index is 0.0846. The van der Waals surface area contributed by atoms with Crippen LogP contribution in [-0.2, 0) is 10.2 Å². The second-order valence-corrected chi connectivity index (χ2v) is 6.93. The summed E-state index contributed by atoms with van der Waals surface area (Å²) < 4.78 is 42.2. The summed E-state index contributed by atoms with van der Waals surface area (Å²) in [5.74, 6) is -0.538. The first-order chi connectivity index (χ1) is 10.0. The molecule has 1 heterocycles. The van der Waals surface area contributed by atoms with Crippen LogP contribution in [0.25, 0.3) is 0 Å². The Kier molecular flexibility index (Phi) is 5.18. The van der Waals surface area contributed by atoms with Crippen LogP contribution in [0.15, 0.2) is 24.3 Å². The number of benzene rings is 1. The molecule has 1 fully saturated rings. The lowest BCUT2D eigenvalue weighted by atomic mass is 10.1. The van der Waals surface area contributed by atoms with E-state index in [0.717, 1.165) is 23.6 Å². The Bertz CT molecular complexity index is 579. The van der Waals surface area contributed by atoms with Crippen molar-refractivity contribution in [3.8, 4) is 0 Å². The number of nitrogens with two attached hydrogens (primary N) is 1. The van der Waals surface area contributed by atoms with Crippen molar-refractivity contribution < 1.29 is 12.8 Å². The van der Waals surface area contributed by atoms with E-state index in [9.17, 15) is 12.8 Å². The smallest absolute Gasteiger partial charge is 0.304 e. The first-order valence-corrected chi connectivity index (χ1v) is 8.66. The van der Waals surface area contributed by atoms with Gasteiger partial charge >= 0.3 is 10.2 Å². The third kappa shape index (κ3) is 3.20. The predicted octanol–water partition coefficient (Wildman–Crippen LogP) is 1.71. The molecule has 1 unspecified atom stereocenters. The molecular formula is C14H22FN3O2S. The van der Waals surface area contributed by atoms with Gasteiger partial charge in [-0.2, -0.15) is 12.7 Å². The number of hydrogen-bond acceptors (Lipinski definition) is 3. The number of piperidine rings is 1. The van der Waals surface area contributed by atoms with Gasteiger partial charge in [0.25, 0.3) is 0 Å². The molecule has 2 rings (SSSR count). The van der Waals surface area contributed by atoms with Gasteiger partial charge in [0.15, 0.2) is 0 Å². The van der Waals surface area contributed by atoms with Gasteiger partial charge in [0.1, 0.15) is 5.82 Å². The standard InChI is InChI=1S/C14H22FN3O2S/c1-2-17(14-9-4-3-8-13(14)15)21(19,20)18-10-6-5-7-12(18)11-16/h3-4,8-9,12H,2,5-7,10-11,16H2,1H3. The molecule has 118 valence electrons. The fourth-order valence-corrected chi connectivity index (χ4v) is 4.66. The zero-order valence-electron chi connectivity index (χ0n) is 12.2. The minimum Gasteiger partial charge on any atom is -0.329 e. The van der Waals surface area contributed by atoms with E-state index in [2.05, 4.69) is 0 Å². The Balaban J connectivity index is 2.38. The quantitative estimate of drug-likeness (QED) is 0.899. The maximum atomic E-state index is 14.0. The highest BCUT2D eigenvalue weighted by molar-refractivity contribution is 7.90. The predicted molar refractivity (Wildman–Crippen MR) is 81.7 cm³/mol. The monoisotopic (exact) mass is 315 g/mol. The van der Waals surface area contributed by atoms with Crippen LogP contribution in [-0.4, -0.2) is 38.4 Å². The maximum Gasteiger partial charge on any atom is 0.304 e. The first kappa shape index (κ1) is 16.2. The molecular weight excluding hydrogens is 293 g/mol. The third-order valence-electron chi connectivity index (χ3n) is 3.83. The van der Waals surface area contributed by atoms with Crippen molar-refractivity contribution in [3.63, 3.8) is 0 Å². The van der Waals surface area contributed by atoms with E-state index >= 15 is 0 Å². The van der Waals surface area contributed by atoms with Crippen LogP contribution in [0.3, 0.4) is 0 Å². The van der Waals surface area contributed by atoms with Gasteiger partial charge in [0, 0.05) is 25.7 Å². The Morgan fingerprint density at radius 3 is 2.71 bits per heavy atom. The largest absolute Gasteiger partial charge is 0.329 e. The van der Waals surface area contributed by atoms with Gasteiger partial charge in [-0.15, -0.1) is 0 Å². The molecule has 2 N–H and O–H groups in total. The highest BCUT2D eigenvalue weighted by Crippen LogP contribution is 2.27. The molecule has 0 spiro atoms. The summed E-state index contributed by atoms with van der Waals surface area (Å²) in [6, 6.07) is 5.72. The van der Waals surface area contributed by atoms with Gasteiger partial charge in [0.2, 0.25) is 0 Å². The van der Waals surface area contributed by atoms with Crippen LogP contribution in [0.4, 0.5) is 10.1 Å². The van der Waals surface area contributed by atoms with E-state index in [0.29, 0.717) is 6.54 Å². The minimum atomic E-state index is -3.76. The van der Waals surface area contributed by atoms with E-state index in [1.807, 2.05) is 0 Å². The van der Waals surface area contributed by atoms with Crippen LogP contribution >= 0.6 is 0 Å². The molecule has 1 atom stereocenters.